The number of nitrogens with one attached hydrogen (secondary N) is 1. The van der Waals surface area contributed by atoms with Gasteiger partial charge in [-0.2, -0.15) is 8.78 Å². The average Bonchev–Trinajstić information content (AvgIpc) is 3.01. The van der Waals surface area contributed by atoms with E-state index < -0.39 is 12.2 Å². The van der Waals surface area contributed by atoms with Gasteiger partial charge in [-0.1, -0.05) is 12.1 Å². The molecule has 4 rings (SSSR count). The van der Waals surface area contributed by atoms with Crippen LogP contribution in [0, 0.1) is 0 Å². The first-order chi connectivity index (χ1) is 16.0. The van der Waals surface area contributed by atoms with Crippen LogP contribution in [0.15, 0.2) is 59.7 Å². The fourth-order valence-corrected chi connectivity index (χ4v) is 4.47. The molecule has 1 N–H and O–H groups in total. The summed E-state index contributed by atoms with van der Waals surface area (Å²) in [4.78, 5) is 18.8. The first-order valence-corrected chi connectivity index (χ1v) is 11.4. The lowest BCUT2D eigenvalue weighted by atomic mass is 9.82. The Kier molecular flexibility index (Phi) is 6.93. The molecule has 1 saturated heterocycles. The third-order valence-electron chi connectivity index (χ3n) is 6.20. The van der Waals surface area contributed by atoms with Gasteiger partial charge in [0.2, 0.25) is 0 Å². The Morgan fingerprint density at radius 3 is 2.67 bits per heavy atom. The molecule has 6 nitrogen and oxygen atoms in total. The summed E-state index contributed by atoms with van der Waals surface area (Å²) >= 11 is 0. The van der Waals surface area contributed by atoms with Crippen LogP contribution in [0.1, 0.15) is 49.2 Å². The summed E-state index contributed by atoms with van der Waals surface area (Å²) in [6, 6.07) is 3.50. The topological polar surface area (TPSA) is 63.7 Å². The largest absolute Gasteiger partial charge is 0.483 e. The van der Waals surface area contributed by atoms with Crippen LogP contribution in [0.4, 0.5) is 8.78 Å². The first kappa shape index (κ1) is 23.2. The average molecular weight is 458 g/mol. The zero-order valence-corrected chi connectivity index (χ0v) is 18.9. The number of nitrogens with zero attached hydrogens (tertiary/aromatic N) is 2. The molecular formula is C25H29F2N3O3. The lowest BCUT2D eigenvalue weighted by Gasteiger charge is -2.41. The van der Waals surface area contributed by atoms with E-state index in [0.717, 1.165) is 37.1 Å². The molecule has 1 aliphatic carbocycles. The van der Waals surface area contributed by atoms with E-state index in [1.165, 1.54) is 0 Å². The SMILES string of the molecule is CCN(CC)C(=O)c1ccc(C2=CC3(CCNCC3)OC3=CCC=CC(OC(F)F)=C32)cn1. The van der Waals surface area contributed by atoms with Crippen molar-refractivity contribution < 1.29 is 23.0 Å². The standard InChI is InChI=1S/C25H29F2N3O3/c1-3-30(4-2)23(31)19-10-9-17(16-29-19)18-15-25(11-13-28-14-12-25)33-21-8-6-5-7-20(22(18)21)32-24(26)27/h5,7-10,15-16,24,28H,3-4,6,11-14H2,1-2H3. The van der Waals surface area contributed by atoms with Gasteiger partial charge in [-0.15, -0.1) is 0 Å². The molecule has 0 unspecified atom stereocenters. The highest BCUT2D eigenvalue weighted by Crippen LogP contribution is 2.45. The minimum atomic E-state index is -2.96. The van der Waals surface area contributed by atoms with Crippen LogP contribution in [0.5, 0.6) is 0 Å². The molecule has 1 aromatic heterocycles. The maximum atomic E-state index is 13.2. The van der Waals surface area contributed by atoms with Gasteiger partial charge in [0.25, 0.3) is 5.91 Å². The van der Waals surface area contributed by atoms with Crippen LogP contribution in [0.3, 0.4) is 0 Å². The number of ether oxygens (including phenoxy) is 2. The summed E-state index contributed by atoms with van der Waals surface area (Å²) in [6.45, 7) is 3.67. The fraction of sp³-hybridized carbons (Fsp3) is 0.440. The molecule has 1 amide bonds. The van der Waals surface area contributed by atoms with Crippen molar-refractivity contribution in [2.75, 3.05) is 26.2 Å². The second kappa shape index (κ2) is 9.87. The summed E-state index contributed by atoms with van der Waals surface area (Å²) in [5.41, 5.74) is 1.75. The zero-order chi connectivity index (χ0) is 23.4. The molecule has 1 fully saturated rings. The predicted octanol–water partition coefficient (Wildman–Crippen LogP) is 4.44. The molecule has 0 radical (unpaired) electrons. The van der Waals surface area contributed by atoms with E-state index in [4.69, 9.17) is 9.47 Å². The van der Waals surface area contributed by atoms with Crippen molar-refractivity contribution in [2.24, 2.45) is 0 Å². The Labute approximate surface area is 192 Å². The van der Waals surface area contributed by atoms with E-state index in [-0.39, 0.29) is 11.7 Å². The van der Waals surface area contributed by atoms with Crippen molar-refractivity contribution in [2.45, 2.75) is 45.3 Å². The van der Waals surface area contributed by atoms with Crippen molar-refractivity contribution in [1.29, 1.82) is 0 Å². The van der Waals surface area contributed by atoms with Crippen molar-refractivity contribution in [1.82, 2.24) is 15.2 Å². The molecule has 1 spiro atoms. The molecule has 0 bridgehead atoms. The van der Waals surface area contributed by atoms with Gasteiger partial charge in [0.1, 0.15) is 22.8 Å². The van der Waals surface area contributed by atoms with Gasteiger partial charge < -0.3 is 19.7 Å². The van der Waals surface area contributed by atoms with E-state index in [9.17, 15) is 13.6 Å². The minimum absolute atomic E-state index is 0.0621. The van der Waals surface area contributed by atoms with Gasteiger partial charge in [-0.05, 0) is 63.2 Å². The molecule has 8 heteroatoms. The molecule has 1 aromatic rings. The smallest absolute Gasteiger partial charge is 0.387 e. The van der Waals surface area contributed by atoms with Gasteiger partial charge in [0.05, 0.1) is 5.57 Å². The lowest BCUT2D eigenvalue weighted by Crippen LogP contribution is -2.44. The van der Waals surface area contributed by atoms with Crippen LogP contribution in [-0.4, -0.2) is 54.2 Å². The number of hydrogen-bond acceptors (Lipinski definition) is 5. The maximum absolute atomic E-state index is 13.2. The van der Waals surface area contributed by atoms with Gasteiger partial charge in [-0.3, -0.25) is 9.78 Å². The number of hydrogen-bond donors (Lipinski definition) is 1. The Morgan fingerprint density at radius 2 is 2.03 bits per heavy atom. The normalized spacial score (nSPS) is 19.4. The van der Waals surface area contributed by atoms with E-state index >= 15 is 0 Å². The van der Waals surface area contributed by atoms with Crippen LogP contribution in [-0.2, 0) is 9.47 Å². The number of amides is 1. The second-order valence-electron chi connectivity index (χ2n) is 8.21. The summed E-state index contributed by atoms with van der Waals surface area (Å²) in [5.74, 6) is 0.465. The van der Waals surface area contributed by atoms with E-state index in [2.05, 4.69) is 10.3 Å². The summed E-state index contributed by atoms with van der Waals surface area (Å²) in [7, 11) is 0. The molecule has 0 saturated carbocycles. The monoisotopic (exact) mass is 457 g/mol. The number of rotatable bonds is 6. The van der Waals surface area contributed by atoms with Gasteiger partial charge in [0, 0.05) is 37.7 Å². The number of fused-ring (bicyclic) bond motifs is 1. The Morgan fingerprint density at radius 1 is 1.27 bits per heavy atom. The van der Waals surface area contributed by atoms with Crippen LogP contribution < -0.4 is 5.32 Å². The summed E-state index contributed by atoms with van der Waals surface area (Å²) in [6.07, 6.45) is 10.9. The van der Waals surface area contributed by atoms with Crippen LogP contribution >= 0.6 is 0 Å². The molecule has 0 atom stereocenters. The maximum Gasteiger partial charge on any atom is 0.387 e. The molecular weight excluding hydrogens is 428 g/mol. The Hall–Kier alpha value is -3.00. The minimum Gasteiger partial charge on any atom is -0.483 e. The number of alkyl halides is 2. The highest BCUT2D eigenvalue weighted by Gasteiger charge is 2.40. The van der Waals surface area contributed by atoms with Crippen molar-refractivity contribution in [3.63, 3.8) is 0 Å². The lowest BCUT2D eigenvalue weighted by molar-refractivity contribution is -0.0931. The highest BCUT2D eigenvalue weighted by molar-refractivity contribution is 5.93. The van der Waals surface area contributed by atoms with Crippen molar-refractivity contribution in [3.05, 3.63) is 71.0 Å². The summed E-state index contributed by atoms with van der Waals surface area (Å²) in [5, 5.41) is 3.34. The number of carbonyl (C=O) groups excluding carboxylic acids is 1. The molecule has 176 valence electrons. The van der Waals surface area contributed by atoms with E-state index in [0.29, 0.717) is 36.5 Å². The predicted molar refractivity (Wildman–Crippen MR) is 121 cm³/mol. The fourth-order valence-electron chi connectivity index (χ4n) is 4.47. The number of allylic oxidation sites excluding steroid dienone is 4. The van der Waals surface area contributed by atoms with Crippen molar-refractivity contribution in [3.8, 4) is 0 Å². The third-order valence-corrected chi connectivity index (χ3v) is 6.20. The molecule has 0 aromatic carbocycles. The number of pyridine rings is 1. The van der Waals surface area contributed by atoms with Gasteiger partial charge >= 0.3 is 6.61 Å². The Balaban J connectivity index is 1.80. The Bertz CT molecular complexity index is 1000. The number of carbonyl (C=O) groups is 1. The van der Waals surface area contributed by atoms with Gasteiger partial charge in [-0.25, -0.2) is 0 Å². The zero-order valence-electron chi connectivity index (χ0n) is 18.9. The number of aromatic nitrogens is 1. The first-order valence-electron chi connectivity index (χ1n) is 11.4. The van der Waals surface area contributed by atoms with E-state index in [1.54, 1.807) is 29.3 Å². The quantitative estimate of drug-likeness (QED) is 0.685. The van der Waals surface area contributed by atoms with E-state index in [1.807, 2.05) is 32.1 Å². The third kappa shape index (κ3) is 4.85. The molecule has 3 heterocycles. The molecule has 33 heavy (non-hydrogen) atoms. The summed E-state index contributed by atoms with van der Waals surface area (Å²) < 4.78 is 37.8. The van der Waals surface area contributed by atoms with Crippen LogP contribution in [0.2, 0.25) is 0 Å². The molecule has 3 aliphatic rings. The highest BCUT2D eigenvalue weighted by atomic mass is 19.3. The molecule has 2 aliphatic heterocycles. The van der Waals surface area contributed by atoms with Gasteiger partial charge in [0.15, 0.2) is 0 Å². The van der Waals surface area contributed by atoms with Crippen molar-refractivity contribution >= 4 is 11.5 Å². The van der Waals surface area contributed by atoms with Crippen LogP contribution in [0.25, 0.3) is 5.57 Å². The number of halogens is 2. The second-order valence-corrected chi connectivity index (χ2v) is 8.21. The number of piperidine rings is 1.